The van der Waals surface area contributed by atoms with Gasteiger partial charge in [0.1, 0.15) is 5.82 Å². The zero-order valence-electron chi connectivity index (χ0n) is 13.0. The summed E-state index contributed by atoms with van der Waals surface area (Å²) in [5.74, 6) is -0.586. The van der Waals surface area contributed by atoms with Crippen molar-refractivity contribution in [3.8, 4) is 11.1 Å². The van der Waals surface area contributed by atoms with Crippen molar-refractivity contribution in [1.29, 1.82) is 0 Å². The van der Waals surface area contributed by atoms with Gasteiger partial charge in [-0.15, -0.1) is 0 Å². The van der Waals surface area contributed by atoms with Gasteiger partial charge in [-0.25, -0.2) is 4.39 Å². The minimum Gasteiger partial charge on any atom is -0.322 e. The van der Waals surface area contributed by atoms with Crippen molar-refractivity contribution < 1.29 is 9.18 Å². The predicted molar refractivity (Wildman–Crippen MR) is 93.7 cm³/mol. The lowest BCUT2D eigenvalue weighted by Crippen LogP contribution is -2.13. The van der Waals surface area contributed by atoms with Gasteiger partial charge in [-0.3, -0.25) is 14.9 Å². The second-order valence-corrected chi connectivity index (χ2v) is 5.55. The van der Waals surface area contributed by atoms with Crippen molar-refractivity contribution in [2.24, 2.45) is 0 Å². The number of aromatic nitrogens is 3. The van der Waals surface area contributed by atoms with Crippen molar-refractivity contribution in [2.45, 2.75) is 0 Å². The third-order valence-electron chi connectivity index (χ3n) is 3.92. The maximum Gasteiger partial charge on any atom is 0.256 e. The van der Waals surface area contributed by atoms with E-state index in [2.05, 4.69) is 20.5 Å². The minimum absolute atomic E-state index is 0.260. The number of halogens is 1. The van der Waals surface area contributed by atoms with Gasteiger partial charge in [0, 0.05) is 29.0 Å². The second kappa shape index (κ2) is 6.16. The number of aromatic amines is 1. The number of rotatable bonds is 3. The van der Waals surface area contributed by atoms with Gasteiger partial charge in [-0.05, 0) is 42.0 Å². The lowest BCUT2D eigenvalue weighted by molar-refractivity contribution is 0.102. The Morgan fingerprint density at radius 1 is 1.04 bits per heavy atom. The van der Waals surface area contributed by atoms with Crippen LogP contribution in [-0.2, 0) is 0 Å². The zero-order valence-corrected chi connectivity index (χ0v) is 13.0. The molecule has 2 heterocycles. The minimum atomic E-state index is -0.327. The Kier molecular flexibility index (Phi) is 3.70. The van der Waals surface area contributed by atoms with E-state index in [4.69, 9.17) is 0 Å². The van der Waals surface area contributed by atoms with E-state index in [0.29, 0.717) is 16.8 Å². The predicted octanol–water partition coefficient (Wildman–Crippen LogP) is 4.02. The molecule has 2 aromatic carbocycles. The lowest BCUT2D eigenvalue weighted by Gasteiger charge is -2.10. The summed E-state index contributed by atoms with van der Waals surface area (Å²) in [5, 5.41) is 10.6. The quantitative estimate of drug-likeness (QED) is 0.595. The van der Waals surface area contributed by atoms with E-state index in [1.54, 1.807) is 42.9 Å². The number of nitrogens with zero attached hydrogens (tertiary/aromatic N) is 2. The summed E-state index contributed by atoms with van der Waals surface area (Å²) in [5.41, 5.74) is 3.40. The Morgan fingerprint density at radius 2 is 1.88 bits per heavy atom. The first-order chi connectivity index (χ1) is 12.2. The maximum absolute atomic E-state index is 13.1. The van der Waals surface area contributed by atoms with Gasteiger partial charge in [0.25, 0.3) is 5.91 Å². The fraction of sp³-hybridized carbons (Fsp3) is 0. The second-order valence-electron chi connectivity index (χ2n) is 5.55. The molecule has 0 saturated carbocycles. The third-order valence-corrected chi connectivity index (χ3v) is 3.92. The van der Waals surface area contributed by atoms with Gasteiger partial charge >= 0.3 is 0 Å². The van der Waals surface area contributed by atoms with Crippen LogP contribution in [0.3, 0.4) is 0 Å². The molecule has 25 heavy (non-hydrogen) atoms. The molecule has 4 aromatic rings. The van der Waals surface area contributed by atoms with Crippen molar-refractivity contribution in [2.75, 3.05) is 5.32 Å². The van der Waals surface area contributed by atoms with Gasteiger partial charge in [0.05, 0.1) is 17.3 Å². The molecule has 0 unspecified atom stereocenters. The Hall–Kier alpha value is -3.54. The number of hydrogen-bond donors (Lipinski definition) is 2. The lowest BCUT2D eigenvalue weighted by atomic mass is 10.0. The highest BCUT2D eigenvalue weighted by atomic mass is 19.1. The van der Waals surface area contributed by atoms with E-state index >= 15 is 0 Å². The number of hydrogen-bond acceptors (Lipinski definition) is 3. The van der Waals surface area contributed by atoms with Crippen LogP contribution in [0.1, 0.15) is 10.4 Å². The summed E-state index contributed by atoms with van der Waals surface area (Å²) < 4.78 is 13.1. The van der Waals surface area contributed by atoms with Crippen molar-refractivity contribution in [3.63, 3.8) is 0 Å². The standard InChI is InChI=1S/C19H13FN4O/c20-14-3-1-12(2-4-14)17-11-21-8-7-16(17)19(25)23-15-5-6-18-13(9-15)10-22-24-18/h1-11H,(H,22,24)(H,23,25). The van der Waals surface area contributed by atoms with Crippen molar-refractivity contribution >= 4 is 22.5 Å². The molecule has 0 aliphatic heterocycles. The highest BCUT2D eigenvalue weighted by Gasteiger charge is 2.13. The van der Waals surface area contributed by atoms with Crippen LogP contribution >= 0.6 is 0 Å². The van der Waals surface area contributed by atoms with E-state index in [0.717, 1.165) is 16.5 Å². The van der Waals surface area contributed by atoms with Crippen LogP contribution in [0.2, 0.25) is 0 Å². The van der Waals surface area contributed by atoms with Crippen LogP contribution < -0.4 is 5.32 Å². The molecular weight excluding hydrogens is 319 g/mol. The Morgan fingerprint density at radius 3 is 2.72 bits per heavy atom. The fourth-order valence-electron chi connectivity index (χ4n) is 2.67. The van der Waals surface area contributed by atoms with Gasteiger partial charge in [0.15, 0.2) is 0 Å². The van der Waals surface area contributed by atoms with Crippen LogP contribution in [0.4, 0.5) is 10.1 Å². The first-order valence-corrected chi connectivity index (χ1v) is 7.65. The number of nitrogens with one attached hydrogen (secondary N) is 2. The van der Waals surface area contributed by atoms with Crippen LogP contribution in [0.15, 0.2) is 67.1 Å². The monoisotopic (exact) mass is 332 g/mol. The van der Waals surface area contributed by atoms with E-state index in [9.17, 15) is 9.18 Å². The van der Waals surface area contributed by atoms with Gasteiger partial charge in [0.2, 0.25) is 0 Å². The van der Waals surface area contributed by atoms with E-state index in [1.165, 1.54) is 12.1 Å². The molecular formula is C19H13FN4O. The molecule has 0 fully saturated rings. The van der Waals surface area contributed by atoms with Crippen LogP contribution in [-0.4, -0.2) is 21.1 Å². The van der Waals surface area contributed by atoms with Gasteiger partial charge in [-0.2, -0.15) is 5.10 Å². The molecule has 0 aliphatic carbocycles. The molecule has 0 spiro atoms. The summed E-state index contributed by atoms with van der Waals surface area (Å²) in [6.07, 6.45) is 4.85. The summed E-state index contributed by atoms with van der Waals surface area (Å²) in [4.78, 5) is 16.8. The van der Waals surface area contributed by atoms with Crippen LogP contribution in [0.25, 0.3) is 22.0 Å². The van der Waals surface area contributed by atoms with Gasteiger partial charge < -0.3 is 5.32 Å². The average molecular weight is 332 g/mol. The number of H-pyrrole nitrogens is 1. The van der Waals surface area contributed by atoms with E-state index < -0.39 is 0 Å². The number of carbonyl (C=O) groups excluding carboxylic acids is 1. The fourth-order valence-corrected chi connectivity index (χ4v) is 2.67. The number of carbonyl (C=O) groups is 1. The van der Waals surface area contributed by atoms with E-state index in [1.807, 2.05) is 12.1 Å². The normalized spacial score (nSPS) is 10.8. The first kappa shape index (κ1) is 15.0. The number of anilines is 1. The maximum atomic E-state index is 13.1. The Bertz CT molecular complexity index is 1060. The molecule has 122 valence electrons. The molecule has 2 aromatic heterocycles. The Balaban J connectivity index is 1.67. The summed E-state index contributed by atoms with van der Waals surface area (Å²) in [7, 11) is 0. The molecule has 1 amide bonds. The number of benzene rings is 2. The first-order valence-electron chi connectivity index (χ1n) is 7.65. The molecule has 2 N–H and O–H groups in total. The topological polar surface area (TPSA) is 70.7 Å². The number of pyridine rings is 1. The molecule has 4 rings (SSSR count). The molecule has 0 radical (unpaired) electrons. The van der Waals surface area contributed by atoms with Crippen molar-refractivity contribution in [3.05, 3.63) is 78.5 Å². The highest BCUT2D eigenvalue weighted by molar-refractivity contribution is 6.09. The number of amides is 1. The average Bonchev–Trinajstić information content (AvgIpc) is 3.10. The third kappa shape index (κ3) is 2.97. The molecule has 0 bridgehead atoms. The summed E-state index contributed by atoms with van der Waals surface area (Å²) in [6.45, 7) is 0. The van der Waals surface area contributed by atoms with Gasteiger partial charge in [-0.1, -0.05) is 12.1 Å². The van der Waals surface area contributed by atoms with Crippen LogP contribution in [0.5, 0.6) is 0 Å². The van der Waals surface area contributed by atoms with E-state index in [-0.39, 0.29) is 11.7 Å². The Labute approximate surface area is 142 Å². The van der Waals surface area contributed by atoms with Crippen LogP contribution in [0, 0.1) is 5.82 Å². The highest BCUT2D eigenvalue weighted by Crippen LogP contribution is 2.24. The zero-order chi connectivity index (χ0) is 17.2. The molecule has 0 saturated heterocycles. The molecule has 5 nitrogen and oxygen atoms in total. The largest absolute Gasteiger partial charge is 0.322 e. The SMILES string of the molecule is O=C(Nc1ccc2[nH]ncc2c1)c1ccncc1-c1ccc(F)cc1. The summed E-state index contributed by atoms with van der Waals surface area (Å²) in [6, 6.07) is 13.1. The molecule has 6 heteroatoms. The van der Waals surface area contributed by atoms with Crippen molar-refractivity contribution in [1.82, 2.24) is 15.2 Å². The molecule has 0 atom stereocenters. The molecule has 0 aliphatic rings. The number of fused-ring (bicyclic) bond motifs is 1. The summed E-state index contributed by atoms with van der Waals surface area (Å²) >= 11 is 0. The smallest absolute Gasteiger partial charge is 0.256 e.